The molecule has 2 aromatic carbocycles. The van der Waals surface area contributed by atoms with Crippen LogP contribution < -0.4 is 14.5 Å². The van der Waals surface area contributed by atoms with Gasteiger partial charge in [0.2, 0.25) is 11.8 Å². The van der Waals surface area contributed by atoms with Crippen LogP contribution in [0.4, 0.5) is 11.5 Å². The number of likely N-dealkylation sites (N-methyl/N-ethyl adjacent to an activating group) is 1. The zero-order valence-corrected chi connectivity index (χ0v) is 25.6. The van der Waals surface area contributed by atoms with Gasteiger partial charge in [-0.15, -0.1) is 0 Å². The number of piperazine rings is 1. The monoisotopic (exact) mass is 600 g/mol. The number of benzene rings is 2. The summed E-state index contributed by atoms with van der Waals surface area (Å²) in [6.45, 7) is 7.66. The fraction of sp³-hybridized carbons (Fsp3) is 0.400. The Morgan fingerprint density at radius 3 is 2.58 bits per heavy atom. The van der Waals surface area contributed by atoms with Crippen LogP contribution in [0.1, 0.15) is 41.5 Å². The fourth-order valence-electron chi connectivity index (χ4n) is 7.05. The van der Waals surface area contributed by atoms with Crippen molar-refractivity contribution >= 4 is 28.2 Å². The van der Waals surface area contributed by atoms with E-state index >= 15 is 0 Å². The van der Waals surface area contributed by atoms with E-state index in [9.17, 15) is 20.6 Å². The van der Waals surface area contributed by atoms with Crippen molar-refractivity contribution in [1.29, 1.82) is 15.8 Å². The standard InChI is InChI=1S/C35H36N8O2/c1-3-32(44)43-18-17-42(21-26(43)12-14-36)34-28-13-16-41(31-11-5-8-24-7-4-9-25(19-37)33(24)31)22-30(28)29(20-38)35(39-34)45-23-27-10-6-15-40(27)2/h3-5,7-9,11,26-27H,1,6,10,12-13,15-18,21-23H2,2H3/t26-,27+/m1/s1. The van der Waals surface area contributed by atoms with Gasteiger partial charge >= 0.3 is 0 Å². The number of likely N-dealkylation sites (tertiary alicyclic amines) is 1. The van der Waals surface area contributed by atoms with Crippen LogP contribution in [0.5, 0.6) is 5.88 Å². The molecule has 0 unspecified atom stereocenters. The second kappa shape index (κ2) is 12.9. The molecule has 3 aliphatic heterocycles. The first kappa shape index (κ1) is 29.9. The summed E-state index contributed by atoms with van der Waals surface area (Å²) < 4.78 is 6.39. The minimum absolute atomic E-state index is 0.183. The Labute approximate surface area is 263 Å². The van der Waals surface area contributed by atoms with Crippen LogP contribution in [0.3, 0.4) is 0 Å². The van der Waals surface area contributed by atoms with Crippen molar-refractivity contribution in [2.75, 3.05) is 56.2 Å². The molecule has 0 bridgehead atoms. The van der Waals surface area contributed by atoms with Crippen molar-refractivity contribution in [1.82, 2.24) is 14.8 Å². The van der Waals surface area contributed by atoms with Crippen LogP contribution in [0, 0.1) is 34.0 Å². The molecule has 0 spiro atoms. The van der Waals surface area contributed by atoms with E-state index in [1.807, 2.05) is 36.4 Å². The van der Waals surface area contributed by atoms with Gasteiger partial charge in [-0.3, -0.25) is 4.79 Å². The van der Waals surface area contributed by atoms with E-state index in [1.54, 1.807) is 4.90 Å². The molecule has 3 aliphatic rings. The summed E-state index contributed by atoms with van der Waals surface area (Å²) in [7, 11) is 2.09. The SMILES string of the molecule is C=CC(=O)N1CCN(c2nc(OC[C@@H]3CCCN3C)c(C#N)c3c2CCN(c2cccc4cccc(C#N)c24)C3)C[C@H]1CC#N. The molecule has 1 aromatic heterocycles. The molecule has 2 atom stereocenters. The summed E-state index contributed by atoms with van der Waals surface area (Å²) in [5.74, 6) is 0.894. The summed E-state index contributed by atoms with van der Waals surface area (Å²) in [5, 5.41) is 31.9. The molecule has 6 rings (SSSR count). The molecule has 0 radical (unpaired) electrons. The van der Waals surface area contributed by atoms with E-state index in [1.165, 1.54) is 6.08 Å². The van der Waals surface area contributed by atoms with E-state index in [0.717, 1.165) is 52.8 Å². The Balaban J connectivity index is 1.42. The summed E-state index contributed by atoms with van der Waals surface area (Å²) in [5.41, 5.74) is 3.88. The lowest BCUT2D eigenvalue weighted by Crippen LogP contribution is -2.55. The zero-order valence-electron chi connectivity index (χ0n) is 25.6. The van der Waals surface area contributed by atoms with Gasteiger partial charge in [0.25, 0.3) is 0 Å². The summed E-state index contributed by atoms with van der Waals surface area (Å²) in [4.78, 5) is 26.0. The smallest absolute Gasteiger partial charge is 0.246 e. The largest absolute Gasteiger partial charge is 0.475 e. The van der Waals surface area contributed by atoms with Gasteiger partial charge in [0.05, 0.1) is 30.2 Å². The number of hydrogen-bond acceptors (Lipinski definition) is 9. The minimum Gasteiger partial charge on any atom is -0.475 e. The molecule has 4 heterocycles. The van der Waals surface area contributed by atoms with Crippen LogP contribution in [-0.2, 0) is 17.8 Å². The van der Waals surface area contributed by atoms with Crippen LogP contribution >= 0.6 is 0 Å². The molecule has 45 heavy (non-hydrogen) atoms. The Morgan fingerprint density at radius 2 is 1.87 bits per heavy atom. The fourth-order valence-corrected chi connectivity index (χ4v) is 7.05. The molecule has 0 saturated carbocycles. The number of anilines is 2. The van der Waals surface area contributed by atoms with Crippen molar-refractivity contribution in [3.63, 3.8) is 0 Å². The number of nitrogens with zero attached hydrogens (tertiary/aromatic N) is 8. The number of pyridine rings is 1. The maximum absolute atomic E-state index is 12.6. The molecule has 3 aromatic rings. The second-order valence-electron chi connectivity index (χ2n) is 11.9. The second-order valence-corrected chi connectivity index (χ2v) is 11.9. The highest BCUT2D eigenvalue weighted by Crippen LogP contribution is 2.39. The Kier molecular flexibility index (Phi) is 8.56. The number of amides is 1. The first-order chi connectivity index (χ1) is 22.0. The number of ether oxygens (including phenoxy) is 1. The maximum Gasteiger partial charge on any atom is 0.246 e. The Bertz CT molecular complexity index is 1760. The van der Waals surface area contributed by atoms with E-state index < -0.39 is 0 Å². The van der Waals surface area contributed by atoms with Crippen LogP contribution in [0.2, 0.25) is 0 Å². The van der Waals surface area contributed by atoms with E-state index in [0.29, 0.717) is 62.8 Å². The third-order valence-corrected chi connectivity index (χ3v) is 9.44. The molecular weight excluding hydrogens is 564 g/mol. The van der Waals surface area contributed by atoms with E-state index in [4.69, 9.17) is 9.72 Å². The third kappa shape index (κ3) is 5.64. The highest BCUT2D eigenvalue weighted by atomic mass is 16.5. The van der Waals surface area contributed by atoms with Gasteiger partial charge in [0.1, 0.15) is 24.1 Å². The lowest BCUT2D eigenvalue weighted by Gasteiger charge is -2.42. The predicted molar refractivity (Wildman–Crippen MR) is 172 cm³/mol. The number of hydrogen-bond donors (Lipinski definition) is 0. The van der Waals surface area contributed by atoms with Crippen LogP contribution in [0.25, 0.3) is 10.8 Å². The van der Waals surface area contributed by atoms with Crippen molar-refractivity contribution in [2.24, 2.45) is 0 Å². The minimum atomic E-state index is -0.306. The molecule has 2 saturated heterocycles. The number of carbonyl (C=O) groups excluding carboxylic acids is 1. The first-order valence-corrected chi connectivity index (χ1v) is 15.5. The summed E-state index contributed by atoms with van der Waals surface area (Å²) >= 11 is 0. The topological polar surface area (TPSA) is 124 Å². The highest BCUT2D eigenvalue weighted by molar-refractivity contribution is 5.98. The number of fused-ring (bicyclic) bond motifs is 2. The molecule has 0 N–H and O–H groups in total. The first-order valence-electron chi connectivity index (χ1n) is 15.5. The van der Waals surface area contributed by atoms with Crippen molar-refractivity contribution in [3.05, 3.63) is 71.3 Å². The lowest BCUT2D eigenvalue weighted by molar-refractivity contribution is -0.128. The normalized spacial score (nSPS) is 19.8. The number of nitriles is 3. The van der Waals surface area contributed by atoms with E-state index in [-0.39, 0.29) is 24.4 Å². The van der Waals surface area contributed by atoms with Gasteiger partial charge in [0, 0.05) is 61.0 Å². The average molecular weight is 601 g/mol. The third-order valence-electron chi connectivity index (χ3n) is 9.44. The Morgan fingerprint density at radius 1 is 1.04 bits per heavy atom. The maximum atomic E-state index is 12.6. The molecule has 0 aliphatic carbocycles. The number of aromatic nitrogens is 1. The molecule has 10 heteroatoms. The summed E-state index contributed by atoms with van der Waals surface area (Å²) in [6.07, 6.45) is 4.27. The molecule has 1 amide bonds. The summed E-state index contributed by atoms with van der Waals surface area (Å²) in [6, 6.07) is 18.8. The van der Waals surface area contributed by atoms with Crippen LogP contribution in [-0.4, -0.2) is 79.2 Å². The zero-order chi connectivity index (χ0) is 31.5. The molecule has 10 nitrogen and oxygen atoms in total. The van der Waals surface area contributed by atoms with Gasteiger partial charge < -0.3 is 24.3 Å². The average Bonchev–Trinajstić information content (AvgIpc) is 3.49. The number of rotatable bonds is 7. The van der Waals surface area contributed by atoms with Gasteiger partial charge in [-0.2, -0.15) is 20.8 Å². The quantitative estimate of drug-likeness (QED) is 0.368. The van der Waals surface area contributed by atoms with Crippen molar-refractivity contribution < 1.29 is 9.53 Å². The predicted octanol–water partition coefficient (Wildman–Crippen LogP) is 4.13. The lowest BCUT2D eigenvalue weighted by atomic mass is 9.94. The van der Waals surface area contributed by atoms with E-state index in [2.05, 4.69) is 46.5 Å². The van der Waals surface area contributed by atoms with Gasteiger partial charge in [-0.25, -0.2) is 0 Å². The highest BCUT2D eigenvalue weighted by Gasteiger charge is 2.35. The van der Waals surface area contributed by atoms with Gasteiger partial charge in [-0.05, 0) is 56.4 Å². The molecule has 228 valence electrons. The molecule has 2 fully saturated rings. The Hall–Kier alpha value is -5.11. The molecular formula is C35H36N8O2. The van der Waals surface area contributed by atoms with Gasteiger partial charge in [-0.1, -0.05) is 30.8 Å². The van der Waals surface area contributed by atoms with Gasteiger partial charge in [0.15, 0.2) is 0 Å². The van der Waals surface area contributed by atoms with Crippen molar-refractivity contribution in [3.8, 4) is 24.1 Å². The number of carbonyl (C=O) groups is 1. The van der Waals surface area contributed by atoms with Crippen LogP contribution in [0.15, 0.2) is 49.1 Å². The van der Waals surface area contributed by atoms with Crippen molar-refractivity contribution in [2.45, 2.75) is 44.3 Å².